The molecular formula is C60H41N3. The summed E-state index contributed by atoms with van der Waals surface area (Å²) in [6, 6.07) is 76.2. The fraction of sp³-hybridized carbons (Fsp3) is 0.0500. The number of nitrogens with zero attached hydrogens (tertiary/aromatic N) is 3. The second-order valence-electron chi connectivity index (χ2n) is 17.1. The third-order valence-corrected chi connectivity index (χ3v) is 13.2. The van der Waals surface area contributed by atoms with Crippen LogP contribution in [0.15, 0.2) is 212 Å². The molecule has 0 saturated heterocycles. The molecule has 0 amide bonds. The fourth-order valence-electron chi connectivity index (χ4n) is 10.0. The van der Waals surface area contributed by atoms with E-state index in [-0.39, 0.29) is 5.41 Å². The number of hydrogen-bond acceptors (Lipinski definition) is 3. The second kappa shape index (κ2) is 14.6. The molecule has 12 rings (SSSR count). The van der Waals surface area contributed by atoms with Crippen molar-refractivity contribution in [3.8, 4) is 78.7 Å². The Bertz CT molecular complexity index is 3570. The van der Waals surface area contributed by atoms with Crippen molar-refractivity contribution in [3.63, 3.8) is 0 Å². The van der Waals surface area contributed by atoms with Crippen LogP contribution in [0.1, 0.15) is 25.0 Å². The van der Waals surface area contributed by atoms with E-state index in [1.165, 1.54) is 65.7 Å². The number of benzene rings is 10. The zero-order valence-corrected chi connectivity index (χ0v) is 35.0. The van der Waals surface area contributed by atoms with Crippen LogP contribution in [0.5, 0.6) is 0 Å². The van der Waals surface area contributed by atoms with Gasteiger partial charge in [-0.15, -0.1) is 0 Å². The molecule has 10 aromatic carbocycles. The van der Waals surface area contributed by atoms with Gasteiger partial charge in [-0.1, -0.05) is 220 Å². The van der Waals surface area contributed by atoms with Gasteiger partial charge >= 0.3 is 0 Å². The predicted octanol–water partition coefficient (Wildman–Crippen LogP) is 15.6. The van der Waals surface area contributed by atoms with Gasteiger partial charge in [-0.25, -0.2) is 15.0 Å². The minimum atomic E-state index is -0.147. The van der Waals surface area contributed by atoms with E-state index in [4.69, 9.17) is 15.0 Å². The van der Waals surface area contributed by atoms with Crippen molar-refractivity contribution in [1.82, 2.24) is 15.0 Å². The minimum Gasteiger partial charge on any atom is -0.208 e. The molecule has 0 bridgehead atoms. The van der Waals surface area contributed by atoms with Gasteiger partial charge in [0.2, 0.25) is 0 Å². The first kappa shape index (κ1) is 36.8. The molecular weight excluding hydrogens is 763 g/mol. The molecule has 0 spiro atoms. The first-order valence-electron chi connectivity index (χ1n) is 21.7. The molecule has 0 aliphatic heterocycles. The summed E-state index contributed by atoms with van der Waals surface area (Å²) >= 11 is 0. The molecule has 1 aliphatic rings. The lowest BCUT2D eigenvalue weighted by atomic mass is 9.82. The summed E-state index contributed by atoms with van der Waals surface area (Å²) < 4.78 is 0. The van der Waals surface area contributed by atoms with Gasteiger partial charge in [0.1, 0.15) is 0 Å². The van der Waals surface area contributed by atoms with Gasteiger partial charge in [0, 0.05) is 22.1 Å². The number of hydrogen-bond donors (Lipinski definition) is 0. The second-order valence-corrected chi connectivity index (χ2v) is 17.1. The molecule has 0 radical (unpaired) electrons. The molecule has 1 aromatic heterocycles. The van der Waals surface area contributed by atoms with Crippen molar-refractivity contribution in [2.24, 2.45) is 0 Å². The van der Waals surface area contributed by atoms with Crippen LogP contribution >= 0.6 is 0 Å². The van der Waals surface area contributed by atoms with Crippen LogP contribution < -0.4 is 0 Å². The Morgan fingerprint density at radius 1 is 0.286 bits per heavy atom. The van der Waals surface area contributed by atoms with Crippen molar-refractivity contribution in [3.05, 3.63) is 223 Å². The Hall–Kier alpha value is -8.01. The molecule has 1 aliphatic carbocycles. The fourth-order valence-corrected chi connectivity index (χ4v) is 10.0. The number of aromatic nitrogens is 3. The van der Waals surface area contributed by atoms with Crippen LogP contribution in [-0.2, 0) is 5.41 Å². The van der Waals surface area contributed by atoms with Crippen LogP contribution in [0, 0.1) is 0 Å². The largest absolute Gasteiger partial charge is 0.208 e. The van der Waals surface area contributed by atoms with Crippen molar-refractivity contribution >= 4 is 32.3 Å². The summed E-state index contributed by atoms with van der Waals surface area (Å²) in [5.74, 6) is 1.94. The molecule has 11 aromatic rings. The monoisotopic (exact) mass is 803 g/mol. The standard InChI is InChI=1S/C60H41N3/c1-60(2)53-25-13-12-23-50(53)56-51(24-14-26-54(56)60)59-62-57(61-58(63-59)49-22-11-10-19-45(49)40-15-4-3-5-16-40)43-33-29-39(30-34-43)38-27-31-42(32-28-38)55-47-21-9-7-18-44(47)37-52-46-20-8-6-17-41(46)35-36-48(52)55/h3-37H,1-2H3. The average molecular weight is 804 g/mol. The van der Waals surface area contributed by atoms with E-state index in [0.717, 1.165) is 38.9 Å². The summed E-state index contributed by atoms with van der Waals surface area (Å²) in [6.45, 7) is 4.62. The third-order valence-electron chi connectivity index (χ3n) is 13.2. The van der Waals surface area contributed by atoms with Crippen molar-refractivity contribution < 1.29 is 0 Å². The Labute approximate surface area is 367 Å². The van der Waals surface area contributed by atoms with Crippen LogP contribution in [0.25, 0.3) is 111 Å². The first-order valence-corrected chi connectivity index (χ1v) is 21.7. The quantitative estimate of drug-likeness (QED) is 0.124. The van der Waals surface area contributed by atoms with Gasteiger partial charge in [-0.2, -0.15) is 0 Å². The van der Waals surface area contributed by atoms with E-state index in [0.29, 0.717) is 17.5 Å². The van der Waals surface area contributed by atoms with E-state index >= 15 is 0 Å². The summed E-state index contributed by atoms with van der Waals surface area (Å²) in [7, 11) is 0. The predicted molar refractivity (Wildman–Crippen MR) is 263 cm³/mol. The minimum absolute atomic E-state index is 0.147. The van der Waals surface area contributed by atoms with E-state index < -0.39 is 0 Å². The van der Waals surface area contributed by atoms with Gasteiger partial charge < -0.3 is 0 Å². The number of rotatable bonds is 6. The van der Waals surface area contributed by atoms with Crippen molar-refractivity contribution in [1.29, 1.82) is 0 Å². The van der Waals surface area contributed by atoms with Gasteiger partial charge in [0.15, 0.2) is 17.5 Å². The van der Waals surface area contributed by atoms with Crippen LogP contribution in [0.4, 0.5) is 0 Å². The Morgan fingerprint density at radius 2 is 0.825 bits per heavy atom. The Kier molecular flexibility index (Phi) is 8.52. The molecule has 0 atom stereocenters. The molecule has 296 valence electrons. The Balaban J connectivity index is 0.963. The van der Waals surface area contributed by atoms with Gasteiger partial charge in [0.25, 0.3) is 0 Å². The summed E-state index contributed by atoms with van der Waals surface area (Å²) in [5, 5.41) is 7.58. The number of fused-ring (bicyclic) bond motifs is 7. The zero-order valence-electron chi connectivity index (χ0n) is 35.0. The highest BCUT2D eigenvalue weighted by atomic mass is 15.0. The molecule has 0 unspecified atom stereocenters. The third kappa shape index (κ3) is 6.07. The molecule has 0 saturated carbocycles. The van der Waals surface area contributed by atoms with Gasteiger partial charge in [0.05, 0.1) is 0 Å². The molecule has 1 heterocycles. The highest BCUT2D eigenvalue weighted by Gasteiger charge is 2.37. The van der Waals surface area contributed by atoms with Gasteiger partial charge in [-0.05, 0) is 94.0 Å². The van der Waals surface area contributed by atoms with Crippen LogP contribution in [0.2, 0.25) is 0 Å². The normalized spacial score (nSPS) is 12.7. The maximum absolute atomic E-state index is 5.31. The molecule has 0 fully saturated rings. The van der Waals surface area contributed by atoms with E-state index in [9.17, 15) is 0 Å². The van der Waals surface area contributed by atoms with Crippen molar-refractivity contribution in [2.75, 3.05) is 0 Å². The topological polar surface area (TPSA) is 38.7 Å². The van der Waals surface area contributed by atoms with Crippen molar-refractivity contribution in [2.45, 2.75) is 19.3 Å². The lowest BCUT2D eigenvalue weighted by Crippen LogP contribution is -2.14. The van der Waals surface area contributed by atoms with Crippen LogP contribution in [0.3, 0.4) is 0 Å². The van der Waals surface area contributed by atoms with Crippen LogP contribution in [-0.4, -0.2) is 15.0 Å². The highest BCUT2D eigenvalue weighted by molar-refractivity contribution is 6.20. The average Bonchev–Trinajstić information content (AvgIpc) is 3.59. The smallest absolute Gasteiger partial charge is 0.164 e. The lowest BCUT2D eigenvalue weighted by Gasteiger charge is -2.21. The zero-order chi connectivity index (χ0) is 42.1. The molecule has 3 heteroatoms. The van der Waals surface area contributed by atoms with E-state index in [1.54, 1.807) is 0 Å². The van der Waals surface area contributed by atoms with Gasteiger partial charge in [-0.3, -0.25) is 0 Å². The maximum atomic E-state index is 5.31. The Morgan fingerprint density at radius 3 is 1.59 bits per heavy atom. The molecule has 0 N–H and O–H groups in total. The highest BCUT2D eigenvalue weighted by Crippen LogP contribution is 2.52. The summed E-state index contributed by atoms with van der Waals surface area (Å²) in [5.41, 5.74) is 14.7. The molecule has 63 heavy (non-hydrogen) atoms. The first-order chi connectivity index (χ1) is 31.0. The van der Waals surface area contributed by atoms with E-state index in [1.807, 2.05) is 6.07 Å². The van der Waals surface area contributed by atoms with E-state index in [2.05, 4.69) is 220 Å². The maximum Gasteiger partial charge on any atom is 0.164 e. The SMILES string of the molecule is CC1(C)c2ccccc2-c2c(-c3nc(-c4ccc(-c5ccc(-c6c7ccccc7cc7c6ccc6ccccc67)cc5)cc4)nc(-c4ccccc4-c4ccccc4)n3)cccc21. The lowest BCUT2D eigenvalue weighted by molar-refractivity contribution is 0.660. The summed E-state index contributed by atoms with van der Waals surface area (Å²) in [4.78, 5) is 15.9. The molecule has 3 nitrogen and oxygen atoms in total. The summed E-state index contributed by atoms with van der Waals surface area (Å²) in [6.07, 6.45) is 0.